The lowest BCUT2D eigenvalue weighted by atomic mass is 9.94. The normalized spacial score (nSPS) is 19.6. The van der Waals surface area contributed by atoms with Gasteiger partial charge in [-0.05, 0) is 31.9 Å². The van der Waals surface area contributed by atoms with Crippen LogP contribution in [-0.2, 0) is 0 Å². The molecule has 1 amide bonds. The number of carbonyl (C=O) groups excluding carboxylic acids is 1. The van der Waals surface area contributed by atoms with Crippen molar-refractivity contribution in [3.05, 3.63) is 41.5 Å². The van der Waals surface area contributed by atoms with Crippen molar-refractivity contribution in [3.63, 3.8) is 0 Å². The lowest BCUT2D eigenvalue weighted by Gasteiger charge is -2.32. The van der Waals surface area contributed by atoms with Crippen LogP contribution in [0.1, 0.15) is 40.5 Å². The molecule has 5 heteroatoms. The maximum absolute atomic E-state index is 12.5. The van der Waals surface area contributed by atoms with E-state index >= 15 is 0 Å². The number of aromatic nitrogens is 3. The van der Waals surface area contributed by atoms with Crippen molar-refractivity contribution in [2.24, 2.45) is 0 Å². The van der Waals surface area contributed by atoms with E-state index in [0.29, 0.717) is 5.92 Å². The Morgan fingerprint density at radius 2 is 2.37 bits per heavy atom. The molecule has 1 aliphatic heterocycles. The molecular weight excluding hydrogens is 240 g/mol. The van der Waals surface area contributed by atoms with Crippen LogP contribution in [0.4, 0.5) is 0 Å². The molecule has 0 aromatic carbocycles. The first kappa shape index (κ1) is 12.0. The topological polar surface area (TPSA) is 64.8 Å². The number of H-pyrrole nitrogens is 2. The van der Waals surface area contributed by atoms with Crippen molar-refractivity contribution in [2.75, 3.05) is 13.1 Å². The summed E-state index contributed by atoms with van der Waals surface area (Å²) in [6.45, 7) is 3.54. The molecule has 1 saturated heterocycles. The van der Waals surface area contributed by atoms with Crippen molar-refractivity contribution < 1.29 is 4.79 Å². The van der Waals surface area contributed by atoms with Crippen molar-refractivity contribution >= 4 is 5.91 Å². The SMILES string of the molecule is Cc1[nH]ccc1C(=O)N1CCCC(c2ccn[nH]2)C1. The molecule has 2 aromatic rings. The van der Waals surface area contributed by atoms with Gasteiger partial charge >= 0.3 is 0 Å². The van der Waals surface area contributed by atoms with Crippen LogP contribution in [0.15, 0.2) is 24.5 Å². The molecule has 3 rings (SSSR count). The number of hydrogen-bond donors (Lipinski definition) is 2. The van der Waals surface area contributed by atoms with Crippen LogP contribution in [-0.4, -0.2) is 39.1 Å². The molecule has 1 aliphatic rings. The van der Waals surface area contributed by atoms with Gasteiger partial charge in [-0.2, -0.15) is 5.10 Å². The van der Waals surface area contributed by atoms with Crippen molar-refractivity contribution in [2.45, 2.75) is 25.7 Å². The van der Waals surface area contributed by atoms with Crippen LogP contribution >= 0.6 is 0 Å². The molecule has 2 aromatic heterocycles. The Morgan fingerprint density at radius 3 is 3.05 bits per heavy atom. The summed E-state index contributed by atoms with van der Waals surface area (Å²) >= 11 is 0. The van der Waals surface area contributed by atoms with Gasteiger partial charge in [-0.25, -0.2) is 0 Å². The molecule has 0 saturated carbocycles. The number of piperidine rings is 1. The average Bonchev–Trinajstić information content (AvgIpc) is 3.09. The number of hydrogen-bond acceptors (Lipinski definition) is 2. The van der Waals surface area contributed by atoms with E-state index in [-0.39, 0.29) is 5.91 Å². The number of nitrogens with zero attached hydrogens (tertiary/aromatic N) is 2. The second kappa shape index (κ2) is 4.91. The van der Waals surface area contributed by atoms with E-state index < -0.39 is 0 Å². The minimum atomic E-state index is 0.128. The lowest BCUT2D eigenvalue weighted by Crippen LogP contribution is -2.39. The largest absolute Gasteiger partial charge is 0.365 e. The Balaban J connectivity index is 1.75. The van der Waals surface area contributed by atoms with Crippen LogP contribution in [0.3, 0.4) is 0 Å². The summed E-state index contributed by atoms with van der Waals surface area (Å²) in [4.78, 5) is 17.5. The van der Waals surface area contributed by atoms with Crippen LogP contribution in [0.25, 0.3) is 0 Å². The molecule has 3 heterocycles. The fraction of sp³-hybridized carbons (Fsp3) is 0.429. The standard InChI is InChI=1S/C14H18N4O/c1-10-12(4-6-15-10)14(19)18-8-2-3-11(9-18)13-5-7-16-17-13/h4-7,11,15H,2-3,8-9H2,1H3,(H,16,17). The maximum atomic E-state index is 12.5. The molecule has 0 bridgehead atoms. The third-order valence-corrected chi connectivity index (χ3v) is 3.85. The van der Waals surface area contributed by atoms with Gasteiger partial charge in [0.05, 0.1) is 5.56 Å². The van der Waals surface area contributed by atoms with Gasteiger partial charge in [0.2, 0.25) is 0 Å². The Morgan fingerprint density at radius 1 is 1.47 bits per heavy atom. The number of rotatable bonds is 2. The monoisotopic (exact) mass is 258 g/mol. The molecule has 100 valence electrons. The Labute approximate surface area is 112 Å². The van der Waals surface area contributed by atoms with Crippen molar-refractivity contribution in [1.29, 1.82) is 0 Å². The smallest absolute Gasteiger partial charge is 0.255 e. The zero-order valence-electron chi connectivity index (χ0n) is 11.0. The van der Waals surface area contributed by atoms with Crippen LogP contribution in [0.2, 0.25) is 0 Å². The van der Waals surface area contributed by atoms with E-state index in [1.807, 2.05) is 30.2 Å². The van der Waals surface area contributed by atoms with Crippen molar-refractivity contribution in [3.8, 4) is 0 Å². The molecule has 0 spiro atoms. The highest BCUT2D eigenvalue weighted by Gasteiger charge is 2.27. The second-order valence-corrected chi connectivity index (χ2v) is 5.12. The highest BCUT2D eigenvalue weighted by molar-refractivity contribution is 5.95. The zero-order valence-corrected chi connectivity index (χ0v) is 11.0. The van der Waals surface area contributed by atoms with E-state index in [4.69, 9.17) is 0 Å². The van der Waals surface area contributed by atoms with Crippen LogP contribution in [0, 0.1) is 6.92 Å². The number of aromatic amines is 2. The predicted octanol–water partition coefficient (Wildman–Crippen LogP) is 2.07. The molecule has 1 atom stereocenters. The zero-order chi connectivity index (χ0) is 13.2. The molecule has 0 aliphatic carbocycles. The summed E-state index contributed by atoms with van der Waals surface area (Å²) in [6.07, 6.45) is 5.74. The van der Waals surface area contributed by atoms with Gasteiger partial charge in [0.25, 0.3) is 5.91 Å². The van der Waals surface area contributed by atoms with E-state index in [2.05, 4.69) is 15.2 Å². The second-order valence-electron chi connectivity index (χ2n) is 5.12. The van der Waals surface area contributed by atoms with Crippen molar-refractivity contribution in [1.82, 2.24) is 20.1 Å². The Bertz CT molecular complexity index is 558. The van der Waals surface area contributed by atoms with Gasteiger partial charge in [-0.3, -0.25) is 9.89 Å². The molecule has 19 heavy (non-hydrogen) atoms. The fourth-order valence-corrected chi connectivity index (χ4v) is 2.76. The van der Waals surface area contributed by atoms with Crippen LogP contribution in [0.5, 0.6) is 0 Å². The predicted molar refractivity (Wildman–Crippen MR) is 72.0 cm³/mol. The third kappa shape index (κ3) is 2.28. The first-order valence-electron chi connectivity index (χ1n) is 6.68. The summed E-state index contributed by atoms with van der Waals surface area (Å²) in [5, 5.41) is 7.02. The molecular formula is C14H18N4O. The van der Waals surface area contributed by atoms with Gasteiger partial charge in [-0.15, -0.1) is 0 Å². The summed E-state index contributed by atoms with van der Waals surface area (Å²) in [6, 6.07) is 3.86. The third-order valence-electron chi connectivity index (χ3n) is 3.85. The molecule has 2 N–H and O–H groups in total. The minimum absolute atomic E-state index is 0.128. The molecule has 1 fully saturated rings. The number of likely N-dealkylation sites (tertiary alicyclic amines) is 1. The minimum Gasteiger partial charge on any atom is -0.365 e. The van der Waals surface area contributed by atoms with Gasteiger partial charge in [0.15, 0.2) is 0 Å². The maximum Gasteiger partial charge on any atom is 0.255 e. The summed E-state index contributed by atoms with van der Waals surface area (Å²) in [7, 11) is 0. The highest BCUT2D eigenvalue weighted by Crippen LogP contribution is 2.26. The quantitative estimate of drug-likeness (QED) is 0.866. The molecule has 1 unspecified atom stereocenters. The van der Waals surface area contributed by atoms with Gasteiger partial charge < -0.3 is 9.88 Å². The van der Waals surface area contributed by atoms with Gasteiger partial charge in [-0.1, -0.05) is 0 Å². The first-order valence-corrected chi connectivity index (χ1v) is 6.68. The van der Waals surface area contributed by atoms with E-state index in [9.17, 15) is 4.79 Å². The number of carbonyl (C=O) groups is 1. The summed E-state index contributed by atoms with van der Waals surface area (Å²) in [5.74, 6) is 0.502. The number of aryl methyl sites for hydroxylation is 1. The summed E-state index contributed by atoms with van der Waals surface area (Å²) in [5.41, 5.74) is 2.85. The van der Waals surface area contributed by atoms with Gasteiger partial charge in [0.1, 0.15) is 0 Å². The highest BCUT2D eigenvalue weighted by atomic mass is 16.2. The van der Waals surface area contributed by atoms with Crippen LogP contribution < -0.4 is 0 Å². The first-order chi connectivity index (χ1) is 9.25. The van der Waals surface area contributed by atoms with E-state index in [1.54, 1.807) is 6.20 Å². The lowest BCUT2D eigenvalue weighted by molar-refractivity contribution is 0.0705. The van der Waals surface area contributed by atoms with E-state index in [1.165, 1.54) is 0 Å². The van der Waals surface area contributed by atoms with E-state index in [0.717, 1.165) is 42.9 Å². The number of nitrogens with one attached hydrogen (secondary N) is 2. The Kier molecular flexibility index (Phi) is 3.11. The fourth-order valence-electron chi connectivity index (χ4n) is 2.76. The molecule has 5 nitrogen and oxygen atoms in total. The average molecular weight is 258 g/mol. The van der Waals surface area contributed by atoms with Gasteiger partial charge in [0, 0.05) is 42.8 Å². The number of amides is 1. The Hall–Kier alpha value is -2.04. The molecule has 0 radical (unpaired) electrons. The summed E-state index contributed by atoms with van der Waals surface area (Å²) < 4.78 is 0.